The number of ether oxygens (including phenoxy) is 1. The Morgan fingerprint density at radius 2 is 2.00 bits per heavy atom. The van der Waals surface area contributed by atoms with E-state index in [9.17, 15) is 9.59 Å². The highest BCUT2D eigenvalue weighted by atomic mass is 16.5. The van der Waals surface area contributed by atoms with E-state index in [1.807, 2.05) is 0 Å². The Labute approximate surface area is 70.0 Å². The number of rotatable bonds is 4. The van der Waals surface area contributed by atoms with E-state index in [1.54, 1.807) is 13.8 Å². The molecule has 0 spiro atoms. The minimum Gasteiger partial charge on any atom is -0.461 e. The lowest BCUT2D eigenvalue weighted by Gasteiger charge is -2.00. The van der Waals surface area contributed by atoms with Crippen molar-refractivity contribution in [2.24, 2.45) is 5.16 Å². The van der Waals surface area contributed by atoms with Crippen molar-refractivity contribution >= 4 is 17.5 Å². The van der Waals surface area contributed by atoms with Gasteiger partial charge in [-0.25, -0.2) is 4.79 Å². The Morgan fingerprint density at radius 1 is 1.42 bits per heavy atom. The van der Waals surface area contributed by atoms with Crippen molar-refractivity contribution < 1.29 is 19.5 Å². The minimum atomic E-state index is -0.883. The summed E-state index contributed by atoms with van der Waals surface area (Å²) in [5, 5.41) is 10.9. The number of ketones is 1. The molecule has 5 nitrogen and oxygen atoms in total. The molecule has 0 aromatic carbocycles. The monoisotopic (exact) mass is 173 g/mol. The Hall–Kier alpha value is -1.39. The summed E-state index contributed by atoms with van der Waals surface area (Å²) in [4.78, 5) is 21.7. The number of hydrogen-bond donors (Lipinski definition) is 1. The molecule has 0 radical (unpaired) electrons. The van der Waals surface area contributed by atoms with Crippen molar-refractivity contribution in [2.45, 2.75) is 20.3 Å². The van der Waals surface area contributed by atoms with Gasteiger partial charge in [-0.2, -0.15) is 0 Å². The fraction of sp³-hybridized carbons (Fsp3) is 0.571. The molecule has 0 aliphatic rings. The van der Waals surface area contributed by atoms with Crippen LogP contribution in [0.2, 0.25) is 0 Å². The molecule has 0 aromatic rings. The van der Waals surface area contributed by atoms with Crippen LogP contribution in [0.25, 0.3) is 0 Å². The van der Waals surface area contributed by atoms with Gasteiger partial charge in [0.25, 0.3) is 0 Å². The third-order valence-corrected chi connectivity index (χ3v) is 1.15. The molecule has 12 heavy (non-hydrogen) atoms. The highest BCUT2D eigenvalue weighted by Crippen LogP contribution is 1.90. The molecule has 0 rings (SSSR count). The average Bonchev–Trinajstić information content (AvgIpc) is 2.06. The maximum absolute atomic E-state index is 10.9. The summed E-state index contributed by atoms with van der Waals surface area (Å²) >= 11 is 0. The quantitative estimate of drug-likeness (QED) is 0.219. The lowest BCUT2D eigenvalue weighted by Crippen LogP contribution is -2.25. The molecule has 0 aromatic heterocycles. The van der Waals surface area contributed by atoms with E-state index in [0.717, 1.165) is 0 Å². The molecule has 0 saturated heterocycles. The third kappa shape index (κ3) is 2.69. The van der Waals surface area contributed by atoms with Gasteiger partial charge < -0.3 is 9.94 Å². The van der Waals surface area contributed by atoms with Gasteiger partial charge in [-0.3, -0.25) is 4.79 Å². The minimum absolute atomic E-state index is 0.109. The molecule has 0 heterocycles. The molecule has 0 saturated carbocycles. The Morgan fingerprint density at radius 3 is 2.33 bits per heavy atom. The average molecular weight is 173 g/mol. The van der Waals surface area contributed by atoms with Crippen molar-refractivity contribution in [1.29, 1.82) is 0 Å². The van der Waals surface area contributed by atoms with Gasteiger partial charge in [-0.15, -0.1) is 0 Å². The van der Waals surface area contributed by atoms with Crippen LogP contribution in [0, 0.1) is 0 Å². The number of esters is 1. The van der Waals surface area contributed by atoms with Crippen LogP contribution >= 0.6 is 0 Å². The SMILES string of the molecule is CCOC(=O)/C(=N\O)C(=O)CC. The van der Waals surface area contributed by atoms with Gasteiger partial charge in [0.05, 0.1) is 6.61 Å². The molecule has 0 aliphatic carbocycles. The third-order valence-electron chi connectivity index (χ3n) is 1.15. The number of carbonyl (C=O) groups excluding carboxylic acids is 2. The highest BCUT2D eigenvalue weighted by molar-refractivity contribution is 6.64. The molecule has 0 atom stereocenters. The second-order valence-electron chi connectivity index (χ2n) is 1.95. The first-order chi connectivity index (χ1) is 5.67. The molecule has 0 amide bonds. The van der Waals surface area contributed by atoms with Gasteiger partial charge in [0.1, 0.15) is 0 Å². The van der Waals surface area contributed by atoms with Crippen molar-refractivity contribution in [1.82, 2.24) is 0 Å². The highest BCUT2D eigenvalue weighted by Gasteiger charge is 2.20. The first-order valence-electron chi connectivity index (χ1n) is 3.59. The fourth-order valence-electron chi connectivity index (χ4n) is 0.577. The summed E-state index contributed by atoms with van der Waals surface area (Å²) in [6, 6.07) is 0. The van der Waals surface area contributed by atoms with Crippen molar-refractivity contribution in [3.05, 3.63) is 0 Å². The smallest absolute Gasteiger partial charge is 0.364 e. The van der Waals surface area contributed by atoms with Crippen molar-refractivity contribution in [3.63, 3.8) is 0 Å². The summed E-state index contributed by atoms with van der Waals surface area (Å²) in [6.45, 7) is 3.31. The summed E-state index contributed by atoms with van der Waals surface area (Å²) < 4.78 is 4.47. The molecule has 0 fully saturated rings. The van der Waals surface area contributed by atoms with Crippen LogP contribution < -0.4 is 0 Å². The second kappa shape index (κ2) is 5.29. The molecule has 0 aliphatic heterocycles. The first kappa shape index (κ1) is 10.6. The van der Waals surface area contributed by atoms with Gasteiger partial charge in [0.2, 0.25) is 5.71 Å². The van der Waals surface area contributed by atoms with Crippen molar-refractivity contribution in [2.75, 3.05) is 6.61 Å². The second-order valence-corrected chi connectivity index (χ2v) is 1.95. The summed E-state index contributed by atoms with van der Waals surface area (Å²) in [6.07, 6.45) is 0.109. The Balaban J connectivity index is 4.37. The standard InChI is InChI=1S/C7H11NO4/c1-3-5(9)6(8-11)7(10)12-4-2/h11H,3-4H2,1-2H3/b8-6-. The Bertz CT molecular complexity index is 209. The van der Waals surface area contributed by atoms with Crippen LogP contribution in [0.5, 0.6) is 0 Å². The van der Waals surface area contributed by atoms with E-state index in [0.29, 0.717) is 0 Å². The zero-order chi connectivity index (χ0) is 9.56. The number of Topliss-reactive ketones (excluding diaryl/α,β-unsaturated/α-hetero) is 1. The maximum atomic E-state index is 10.9. The number of carbonyl (C=O) groups is 2. The lowest BCUT2D eigenvalue weighted by molar-refractivity contribution is -0.136. The summed E-state index contributed by atoms with van der Waals surface area (Å²) in [7, 11) is 0. The predicted molar refractivity (Wildman–Crippen MR) is 41.2 cm³/mol. The summed E-state index contributed by atoms with van der Waals surface area (Å²) in [5.74, 6) is -1.41. The molecule has 1 N–H and O–H groups in total. The molecule has 68 valence electrons. The van der Waals surface area contributed by atoms with Crippen LogP contribution in [0.4, 0.5) is 0 Å². The molecular formula is C7H11NO4. The van der Waals surface area contributed by atoms with Crippen molar-refractivity contribution in [3.8, 4) is 0 Å². The van der Waals surface area contributed by atoms with Crippen LogP contribution in [0.3, 0.4) is 0 Å². The largest absolute Gasteiger partial charge is 0.461 e. The lowest BCUT2D eigenvalue weighted by atomic mass is 10.2. The van der Waals surface area contributed by atoms with E-state index in [4.69, 9.17) is 5.21 Å². The van der Waals surface area contributed by atoms with Gasteiger partial charge in [-0.1, -0.05) is 12.1 Å². The Kier molecular flexibility index (Phi) is 4.67. The number of nitrogens with zero attached hydrogens (tertiary/aromatic N) is 1. The van der Waals surface area contributed by atoms with E-state index < -0.39 is 17.5 Å². The van der Waals surface area contributed by atoms with E-state index in [1.165, 1.54) is 0 Å². The van der Waals surface area contributed by atoms with E-state index in [2.05, 4.69) is 9.89 Å². The predicted octanol–water partition coefficient (Wildman–Crippen LogP) is 0.359. The molecule has 0 unspecified atom stereocenters. The van der Waals surface area contributed by atoms with Crippen LogP contribution in [-0.2, 0) is 14.3 Å². The molecule has 5 heteroatoms. The maximum Gasteiger partial charge on any atom is 0.364 e. The van der Waals surface area contributed by atoms with Crippen LogP contribution in [-0.4, -0.2) is 29.3 Å². The normalized spacial score (nSPS) is 11.0. The zero-order valence-electron chi connectivity index (χ0n) is 7.03. The van der Waals surface area contributed by atoms with Crippen LogP contribution in [0.15, 0.2) is 5.16 Å². The van der Waals surface area contributed by atoms with Gasteiger partial charge >= 0.3 is 5.97 Å². The number of hydrogen-bond acceptors (Lipinski definition) is 5. The fourth-order valence-corrected chi connectivity index (χ4v) is 0.577. The molecule has 0 bridgehead atoms. The van der Waals surface area contributed by atoms with E-state index >= 15 is 0 Å². The first-order valence-corrected chi connectivity index (χ1v) is 3.59. The van der Waals surface area contributed by atoms with Gasteiger partial charge in [0, 0.05) is 6.42 Å². The van der Waals surface area contributed by atoms with Crippen LogP contribution in [0.1, 0.15) is 20.3 Å². The zero-order valence-corrected chi connectivity index (χ0v) is 7.03. The van der Waals surface area contributed by atoms with Gasteiger partial charge in [0.15, 0.2) is 5.78 Å². The van der Waals surface area contributed by atoms with E-state index in [-0.39, 0.29) is 13.0 Å². The topological polar surface area (TPSA) is 76.0 Å². The van der Waals surface area contributed by atoms with Gasteiger partial charge in [-0.05, 0) is 6.92 Å². The number of oxime groups is 1. The summed E-state index contributed by atoms with van der Waals surface area (Å²) in [5.41, 5.74) is -0.542. The molecular weight excluding hydrogens is 162 g/mol.